The van der Waals surface area contributed by atoms with Gasteiger partial charge in [0.05, 0.1) is 6.93 Å². The van der Waals surface area contributed by atoms with Gasteiger partial charge in [-0.15, -0.1) is 0 Å². The molecule has 4 heteroatoms. The van der Waals surface area contributed by atoms with Crippen molar-refractivity contribution >= 4 is 22.1 Å². The zero-order valence-electron chi connectivity index (χ0n) is 24.1. The number of hydrogen-bond acceptors (Lipinski definition) is 3. The van der Waals surface area contributed by atoms with Gasteiger partial charge in [0.25, 0.3) is 0 Å². The summed E-state index contributed by atoms with van der Waals surface area (Å²) >= 11 is 0. The Morgan fingerprint density at radius 2 is 1.97 bits per heavy atom. The molecule has 3 heterocycles. The van der Waals surface area contributed by atoms with Crippen molar-refractivity contribution in [3.05, 3.63) is 58.4 Å². The molecular weight excluding hydrogens is 370 g/mol. The zero-order chi connectivity index (χ0) is 27.0. The Bertz CT molecular complexity index is 1590. The summed E-state index contributed by atoms with van der Waals surface area (Å²) in [5.41, 5.74) is 1.71. The third-order valence-electron chi connectivity index (χ3n) is 5.26. The number of aromatic nitrogens is 2. The Labute approximate surface area is 186 Å². The van der Waals surface area contributed by atoms with E-state index in [2.05, 4.69) is 4.98 Å². The van der Waals surface area contributed by atoms with Crippen molar-refractivity contribution in [1.29, 1.82) is 5.26 Å². The smallest absolute Gasteiger partial charge is 0.228 e. The molecule has 0 fully saturated rings. The first-order valence-corrected chi connectivity index (χ1v) is 9.79. The van der Waals surface area contributed by atoms with Crippen molar-refractivity contribution in [3.8, 4) is 17.3 Å². The van der Waals surface area contributed by atoms with Crippen LogP contribution in [0.5, 0.6) is 0 Å². The van der Waals surface area contributed by atoms with Gasteiger partial charge in [-0.3, -0.25) is 0 Å². The Morgan fingerprint density at radius 1 is 1.23 bits per heavy atom. The van der Waals surface area contributed by atoms with Gasteiger partial charge in [-0.25, -0.2) is 4.98 Å². The van der Waals surface area contributed by atoms with E-state index in [0.29, 0.717) is 27.9 Å². The number of fused-ring (bicyclic) bond motifs is 3. The predicted molar refractivity (Wildman–Crippen MR) is 120 cm³/mol. The molecule has 3 aromatic heterocycles. The van der Waals surface area contributed by atoms with E-state index in [-0.39, 0.29) is 28.6 Å². The molecule has 0 aliphatic rings. The molecular formula is C26H28N3O+. The molecule has 0 atom stereocenters. The molecule has 0 aliphatic carbocycles. The average Bonchev–Trinajstić information content (AvgIpc) is 3.13. The zero-order valence-corrected chi connectivity index (χ0v) is 18.1. The average molecular weight is 405 g/mol. The molecule has 30 heavy (non-hydrogen) atoms. The number of nitriles is 1. The van der Waals surface area contributed by atoms with Crippen molar-refractivity contribution in [2.45, 2.75) is 47.8 Å². The van der Waals surface area contributed by atoms with Crippen LogP contribution in [0.4, 0.5) is 0 Å². The van der Waals surface area contributed by atoms with Crippen LogP contribution in [-0.2, 0) is 13.4 Å². The molecule has 0 saturated carbocycles. The molecule has 4 nitrogen and oxygen atoms in total. The SMILES string of the molecule is [2H]c1c(C([2H])([2H])C(C)(C)C)c(C([2H])([2H])[2H])c(C)[n+](C)c1-c1c(C)ccc2c1oc1nc(C#N)ccc12. The summed E-state index contributed by atoms with van der Waals surface area (Å²) in [5, 5.41) is 10.7. The van der Waals surface area contributed by atoms with Crippen molar-refractivity contribution in [2.24, 2.45) is 12.5 Å². The number of aryl methyl sites for hydroxylation is 1. The number of pyridine rings is 2. The van der Waals surface area contributed by atoms with Crippen LogP contribution < -0.4 is 4.57 Å². The lowest BCUT2D eigenvalue weighted by atomic mass is 9.85. The standard InChI is InChI=1S/C26H28N3O/c1-15-8-10-20-21-11-9-19(14-27)28-25(21)30-24(20)23(15)22-12-18(13-26(4,5)6)16(2)17(3)29(22)7/h8-12H,13H2,1-7H3/q+1/i2D3,12D,13D2. The highest BCUT2D eigenvalue weighted by atomic mass is 16.3. The number of hydrogen-bond donors (Lipinski definition) is 0. The fourth-order valence-electron chi connectivity index (χ4n) is 3.66. The van der Waals surface area contributed by atoms with Crippen LogP contribution in [0, 0.1) is 37.4 Å². The fourth-order valence-corrected chi connectivity index (χ4v) is 3.66. The highest BCUT2D eigenvalue weighted by Crippen LogP contribution is 2.37. The van der Waals surface area contributed by atoms with E-state index in [9.17, 15) is 6.63 Å². The lowest BCUT2D eigenvalue weighted by Crippen LogP contribution is -2.36. The van der Waals surface area contributed by atoms with Gasteiger partial charge in [0.1, 0.15) is 18.8 Å². The highest BCUT2D eigenvalue weighted by Gasteiger charge is 2.26. The minimum atomic E-state index is -2.62. The second-order valence-electron chi connectivity index (χ2n) is 8.64. The van der Waals surface area contributed by atoms with Gasteiger partial charge < -0.3 is 4.42 Å². The van der Waals surface area contributed by atoms with Gasteiger partial charge in [0.2, 0.25) is 11.4 Å². The largest absolute Gasteiger partial charge is 0.437 e. The quantitative estimate of drug-likeness (QED) is 0.393. The Kier molecular flexibility index (Phi) is 3.23. The van der Waals surface area contributed by atoms with Crippen LogP contribution in [0.15, 0.2) is 34.7 Å². The molecule has 0 radical (unpaired) electrons. The van der Waals surface area contributed by atoms with Gasteiger partial charge >= 0.3 is 0 Å². The van der Waals surface area contributed by atoms with Crippen LogP contribution >= 0.6 is 0 Å². The number of furan rings is 1. The molecule has 0 aliphatic heterocycles. The van der Waals surface area contributed by atoms with Crippen molar-refractivity contribution in [3.63, 3.8) is 0 Å². The third-order valence-corrected chi connectivity index (χ3v) is 5.26. The maximum atomic E-state index is 9.25. The van der Waals surface area contributed by atoms with Crippen molar-refractivity contribution in [2.75, 3.05) is 0 Å². The van der Waals surface area contributed by atoms with E-state index in [1.165, 1.54) is 0 Å². The molecule has 0 bridgehead atoms. The number of rotatable bonds is 2. The number of benzene rings is 1. The predicted octanol–water partition coefficient (Wildman–Crippen LogP) is 5.86. The topological polar surface area (TPSA) is 53.7 Å². The lowest BCUT2D eigenvalue weighted by molar-refractivity contribution is -0.667. The second-order valence-corrected chi connectivity index (χ2v) is 8.64. The summed E-state index contributed by atoms with van der Waals surface area (Å²) < 4.78 is 59.6. The summed E-state index contributed by atoms with van der Waals surface area (Å²) in [4.78, 5) is 4.28. The van der Waals surface area contributed by atoms with Gasteiger partial charge in [0.15, 0.2) is 11.3 Å². The van der Waals surface area contributed by atoms with E-state index >= 15 is 0 Å². The second kappa shape index (κ2) is 6.95. The maximum absolute atomic E-state index is 9.25. The Morgan fingerprint density at radius 3 is 2.63 bits per heavy atom. The van der Waals surface area contributed by atoms with Crippen LogP contribution in [0.3, 0.4) is 0 Å². The monoisotopic (exact) mass is 404 g/mol. The van der Waals surface area contributed by atoms with Crippen LogP contribution in [0.25, 0.3) is 33.3 Å². The van der Waals surface area contributed by atoms with E-state index in [4.69, 9.17) is 11.3 Å². The fraction of sp³-hybridized carbons (Fsp3) is 0.346. The lowest BCUT2D eigenvalue weighted by Gasteiger charge is -2.20. The van der Waals surface area contributed by atoms with Crippen molar-refractivity contribution in [1.82, 2.24) is 4.98 Å². The molecule has 4 rings (SSSR count). The summed E-state index contributed by atoms with van der Waals surface area (Å²) in [7, 11) is 1.68. The Hall–Kier alpha value is -3.19. The molecule has 152 valence electrons. The van der Waals surface area contributed by atoms with Gasteiger partial charge in [-0.05, 0) is 48.8 Å². The summed E-state index contributed by atoms with van der Waals surface area (Å²) in [6.45, 7) is 5.97. The summed E-state index contributed by atoms with van der Waals surface area (Å²) in [5.74, 6) is 0. The minimum Gasteiger partial charge on any atom is -0.437 e. The third kappa shape index (κ3) is 3.25. The molecule has 0 spiro atoms. The Balaban J connectivity index is 2.22. The van der Waals surface area contributed by atoms with E-state index < -0.39 is 18.6 Å². The van der Waals surface area contributed by atoms with E-state index in [1.54, 1.807) is 51.4 Å². The minimum absolute atomic E-state index is 0.141. The first-order chi connectivity index (χ1) is 16.5. The highest BCUT2D eigenvalue weighted by molar-refractivity contribution is 6.08. The molecule has 0 amide bonds. The van der Waals surface area contributed by atoms with Crippen LogP contribution in [-0.4, -0.2) is 4.98 Å². The van der Waals surface area contributed by atoms with Gasteiger partial charge in [0, 0.05) is 36.2 Å². The van der Waals surface area contributed by atoms with Crippen LogP contribution in [0.1, 0.15) is 57.1 Å². The molecule has 0 unspecified atom stereocenters. The molecule has 4 aromatic rings. The van der Waals surface area contributed by atoms with Crippen molar-refractivity contribution < 1.29 is 17.2 Å². The molecule has 0 N–H and O–H groups in total. The van der Waals surface area contributed by atoms with Gasteiger partial charge in [-0.2, -0.15) is 9.83 Å². The van der Waals surface area contributed by atoms with E-state index in [1.807, 2.05) is 25.1 Å². The first-order valence-electron chi connectivity index (χ1n) is 12.8. The number of nitrogens with zero attached hydrogens (tertiary/aromatic N) is 3. The summed E-state index contributed by atoms with van der Waals surface area (Å²) in [6, 6.07) is 8.95. The summed E-state index contributed by atoms with van der Waals surface area (Å²) in [6.07, 6.45) is -2.12. The molecule has 0 saturated heterocycles. The maximum Gasteiger partial charge on any atom is 0.228 e. The van der Waals surface area contributed by atoms with Gasteiger partial charge in [-0.1, -0.05) is 32.9 Å². The normalized spacial score (nSPS) is 15.8. The van der Waals surface area contributed by atoms with Crippen LogP contribution in [0.2, 0.25) is 0 Å². The molecule has 1 aromatic carbocycles. The van der Waals surface area contributed by atoms with E-state index in [0.717, 1.165) is 10.9 Å². The first kappa shape index (κ1) is 13.9.